The first-order chi connectivity index (χ1) is 7.79. The van der Waals surface area contributed by atoms with Crippen molar-refractivity contribution in [2.45, 2.75) is 57.1 Å². The summed E-state index contributed by atoms with van der Waals surface area (Å²) in [6.07, 6.45) is 8.47. The summed E-state index contributed by atoms with van der Waals surface area (Å²) in [4.78, 5) is 0. The summed E-state index contributed by atoms with van der Waals surface area (Å²) in [6.45, 7) is 6.40. The highest BCUT2D eigenvalue weighted by atomic mass is 16.5. The van der Waals surface area contributed by atoms with Crippen LogP contribution in [0.25, 0.3) is 0 Å². The van der Waals surface area contributed by atoms with Gasteiger partial charge in [0, 0.05) is 18.6 Å². The van der Waals surface area contributed by atoms with Crippen LogP contribution in [0.1, 0.15) is 45.4 Å². The fraction of sp³-hybridized carbons (Fsp3) is 1.00. The van der Waals surface area contributed by atoms with E-state index in [1.54, 1.807) is 0 Å². The molecule has 3 nitrogen and oxygen atoms in total. The Balaban J connectivity index is 1.62. The van der Waals surface area contributed by atoms with Crippen LogP contribution in [0.5, 0.6) is 0 Å². The number of morpholine rings is 1. The van der Waals surface area contributed by atoms with Crippen molar-refractivity contribution >= 4 is 0 Å². The van der Waals surface area contributed by atoms with Gasteiger partial charge in [0.25, 0.3) is 0 Å². The third-order valence-corrected chi connectivity index (χ3v) is 3.98. The highest BCUT2D eigenvalue weighted by molar-refractivity contribution is 4.86. The summed E-state index contributed by atoms with van der Waals surface area (Å²) in [7, 11) is 0. The Labute approximate surface area is 99.3 Å². The average molecular weight is 226 g/mol. The fourth-order valence-corrected chi connectivity index (χ4v) is 2.85. The average Bonchev–Trinajstić information content (AvgIpc) is 2.31. The fourth-order valence-electron chi connectivity index (χ4n) is 2.85. The molecule has 1 heterocycles. The lowest BCUT2D eigenvalue weighted by molar-refractivity contribution is 0.0223. The summed E-state index contributed by atoms with van der Waals surface area (Å²) in [5.74, 6) is 0. The van der Waals surface area contributed by atoms with Crippen molar-refractivity contribution in [2.75, 3.05) is 26.2 Å². The van der Waals surface area contributed by atoms with Crippen LogP contribution in [0.3, 0.4) is 0 Å². The maximum absolute atomic E-state index is 5.70. The summed E-state index contributed by atoms with van der Waals surface area (Å²) in [5, 5.41) is 7.12. The minimum Gasteiger partial charge on any atom is -0.376 e. The molecule has 1 saturated heterocycles. The number of ether oxygens (including phenoxy) is 1. The summed E-state index contributed by atoms with van der Waals surface area (Å²) in [5.41, 5.74) is 0.403. The van der Waals surface area contributed by atoms with E-state index in [9.17, 15) is 0 Å². The summed E-state index contributed by atoms with van der Waals surface area (Å²) < 4.78 is 5.70. The van der Waals surface area contributed by atoms with Gasteiger partial charge in [-0.1, -0.05) is 19.3 Å². The molecule has 2 rings (SSSR count). The summed E-state index contributed by atoms with van der Waals surface area (Å²) >= 11 is 0. The van der Waals surface area contributed by atoms with Gasteiger partial charge in [-0.25, -0.2) is 0 Å². The molecule has 2 N–H and O–H groups in total. The largest absolute Gasteiger partial charge is 0.376 e. The molecule has 16 heavy (non-hydrogen) atoms. The molecule has 0 spiro atoms. The normalized spacial score (nSPS) is 30.2. The molecule has 1 aliphatic heterocycles. The Kier molecular flexibility index (Phi) is 4.62. The zero-order chi connectivity index (χ0) is 11.3. The quantitative estimate of drug-likeness (QED) is 0.765. The first-order valence-electron chi connectivity index (χ1n) is 6.86. The second kappa shape index (κ2) is 5.99. The van der Waals surface area contributed by atoms with Gasteiger partial charge in [-0.3, -0.25) is 0 Å². The molecule has 94 valence electrons. The molecule has 0 aromatic carbocycles. The first-order valence-corrected chi connectivity index (χ1v) is 6.86. The van der Waals surface area contributed by atoms with Crippen molar-refractivity contribution in [3.05, 3.63) is 0 Å². The highest BCUT2D eigenvalue weighted by Crippen LogP contribution is 2.27. The zero-order valence-electron chi connectivity index (χ0n) is 10.6. The molecule has 2 fully saturated rings. The SMILES string of the molecule is CC1(NCCC2CNCCO2)CCCCC1. The van der Waals surface area contributed by atoms with Crippen LogP contribution in [0, 0.1) is 0 Å². The lowest BCUT2D eigenvalue weighted by Gasteiger charge is -2.35. The molecule has 1 unspecified atom stereocenters. The van der Waals surface area contributed by atoms with Gasteiger partial charge in [0.1, 0.15) is 0 Å². The molecule has 1 saturated carbocycles. The van der Waals surface area contributed by atoms with E-state index in [1.807, 2.05) is 0 Å². The second-order valence-electron chi connectivity index (χ2n) is 5.53. The van der Waals surface area contributed by atoms with E-state index in [4.69, 9.17) is 4.74 Å². The Morgan fingerprint density at radius 1 is 1.31 bits per heavy atom. The Morgan fingerprint density at radius 2 is 2.12 bits per heavy atom. The second-order valence-corrected chi connectivity index (χ2v) is 5.53. The topological polar surface area (TPSA) is 33.3 Å². The van der Waals surface area contributed by atoms with Crippen LogP contribution in [-0.2, 0) is 4.74 Å². The van der Waals surface area contributed by atoms with Gasteiger partial charge in [-0.15, -0.1) is 0 Å². The lowest BCUT2D eigenvalue weighted by Crippen LogP contribution is -2.46. The van der Waals surface area contributed by atoms with Crippen LogP contribution in [0.15, 0.2) is 0 Å². The van der Waals surface area contributed by atoms with Crippen molar-refractivity contribution in [2.24, 2.45) is 0 Å². The first kappa shape index (κ1) is 12.3. The predicted octanol–water partition coefficient (Wildman–Crippen LogP) is 1.68. The van der Waals surface area contributed by atoms with Crippen LogP contribution in [0.2, 0.25) is 0 Å². The van der Waals surface area contributed by atoms with Crippen molar-refractivity contribution in [3.8, 4) is 0 Å². The van der Waals surface area contributed by atoms with E-state index in [-0.39, 0.29) is 0 Å². The van der Waals surface area contributed by atoms with E-state index < -0.39 is 0 Å². The summed E-state index contributed by atoms with van der Waals surface area (Å²) in [6, 6.07) is 0. The van der Waals surface area contributed by atoms with Crippen molar-refractivity contribution in [1.29, 1.82) is 0 Å². The molecule has 0 amide bonds. The Morgan fingerprint density at radius 3 is 2.81 bits per heavy atom. The maximum atomic E-state index is 5.70. The van der Waals surface area contributed by atoms with Crippen LogP contribution < -0.4 is 10.6 Å². The van der Waals surface area contributed by atoms with Gasteiger partial charge >= 0.3 is 0 Å². The molecule has 0 aromatic rings. The van der Waals surface area contributed by atoms with E-state index in [2.05, 4.69) is 17.6 Å². The van der Waals surface area contributed by atoms with Gasteiger partial charge < -0.3 is 15.4 Å². The van der Waals surface area contributed by atoms with Gasteiger partial charge in [0.2, 0.25) is 0 Å². The third kappa shape index (κ3) is 3.72. The van der Waals surface area contributed by atoms with E-state index in [1.165, 1.54) is 32.1 Å². The van der Waals surface area contributed by atoms with E-state index in [0.717, 1.165) is 32.7 Å². The molecule has 0 aromatic heterocycles. The Bertz CT molecular complexity index is 196. The molecule has 1 atom stereocenters. The zero-order valence-corrected chi connectivity index (χ0v) is 10.6. The molecular weight excluding hydrogens is 200 g/mol. The van der Waals surface area contributed by atoms with Gasteiger partial charge in [0.05, 0.1) is 12.7 Å². The van der Waals surface area contributed by atoms with Gasteiger partial charge in [0.15, 0.2) is 0 Å². The van der Waals surface area contributed by atoms with Gasteiger partial charge in [-0.2, -0.15) is 0 Å². The molecule has 1 aliphatic carbocycles. The molecule has 0 radical (unpaired) electrons. The van der Waals surface area contributed by atoms with Crippen molar-refractivity contribution in [3.63, 3.8) is 0 Å². The highest BCUT2D eigenvalue weighted by Gasteiger charge is 2.26. The minimum atomic E-state index is 0.403. The van der Waals surface area contributed by atoms with Crippen LogP contribution in [0.4, 0.5) is 0 Å². The molecule has 2 aliphatic rings. The smallest absolute Gasteiger partial charge is 0.0712 e. The molecular formula is C13H26N2O. The number of nitrogens with one attached hydrogen (secondary N) is 2. The van der Waals surface area contributed by atoms with E-state index >= 15 is 0 Å². The third-order valence-electron chi connectivity index (χ3n) is 3.98. The van der Waals surface area contributed by atoms with Crippen molar-refractivity contribution < 1.29 is 4.74 Å². The lowest BCUT2D eigenvalue weighted by atomic mass is 9.83. The molecule has 0 bridgehead atoms. The van der Waals surface area contributed by atoms with Crippen LogP contribution >= 0.6 is 0 Å². The number of hydrogen-bond donors (Lipinski definition) is 2. The molecule has 3 heteroatoms. The van der Waals surface area contributed by atoms with E-state index in [0.29, 0.717) is 11.6 Å². The number of hydrogen-bond acceptors (Lipinski definition) is 3. The van der Waals surface area contributed by atoms with Gasteiger partial charge in [-0.05, 0) is 32.7 Å². The van der Waals surface area contributed by atoms with Crippen molar-refractivity contribution in [1.82, 2.24) is 10.6 Å². The predicted molar refractivity (Wildman–Crippen MR) is 66.7 cm³/mol. The minimum absolute atomic E-state index is 0.403. The Hall–Kier alpha value is -0.120. The number of rotatable bonds is 4. The monoisotopic (exact) mass is 226 g/mol. The van der Waals surface area contributed by atoms with Crippen LogP contribution in [-0.4, -0.2) is 37.9 Å². The standard InChI is InChI=1S/C13H26N2O/c1-13(6-3-2-4-7-13)15-8-5-12-11-14-9-10-16-12/h12,14-15H,2-11H2,1H3. The maximum Gasteiger partial charge on any atom is 0.0712 e.